The molecular formula is C42H27N5. The lowest BCUT2D eigenvalue weighted by molar-refractivity contribution is 0.766. The third-order valence-electron chi connectivity index (χ3n) is 8.46. The molecule has 8 aromatic rings. The lowest BCUT2D eigenvalue weighted by atomic mass is 9.92. The van der Waals surface area contributed by atoms with Crippen molar-refractivity contribution in [1.29, 1.82) is 5.26 Å². The van der Waals surface area contributed by atoms with Gasteiger partial charge in [-0.15, -0.1) is 10.2 Å². The van der Waals surface area contributed by atoms with E-state index in [-0.39, 0.29) is 0 Å². The monoisotopic (exact) mass is 601 g/mol. The summed E-state index contributed by atoms with van der Waals surface area (Å²) in [4.78, 5) is 5.95. The number of fused-ring (bicyclic) bond motifs is 1. The van der Waals surface area contributed by atoms with Crippen LogP contribution in [0.1, 0.15) is 5.56 Å². The maximum atomic E-state index is 9.15. The number of hydrogen-bond donors (Lipinski definition) is 0. The van der Waals surface area contributed by atoms with Crippen LogP contribution in [0.15, 0.2) is 164 Å². The Hall–Kier alpha value is -6.64. The molecule has 0 unspecified atom stereocenters. The van der Waals surface area contributed by atoms with Gasteiger partial charge in [-0.2, -0.15) is 10.1 Å². The van der Waals surface area contributed by atoms with Crippen molar-refractivity contribution in [3.8, 4) is 67.4 Å². The Morgan fingerprint density at radius 2 is 0.894 bits per heavy atom. The van der Waals surface area contributed by atoms with Crippen molar-refractivity contribution in [2.75, 3.05) is 0 Å². The fourth-order valence-corrected chi connectivity index (χ4v) is 5.93. The van der Waals surface area contributed by atoms with Crippen LogP contribution in [0.2, 0.25) is 0 Å². The molecule has 0 saturated heterocycles. The number of rotatable bonds is 6. The molecule has 0 saturated carbocycles. The molecule has 2 heterocycles. The van der Waals surface area contributed by atoms with Crippen molar-refractivity contribution in [2.45, 2.75) is 0 Å². The minimum atomic E-state index is 0.655. The lowest BCUT2D eigenvalue weighted by Crippen LogP contribution is -1.97. The molecule has 0 aliphatic carbocycles. The first kappa shape index (κ1) is 27.9. The third kappa shape index (κ3) is 5.56. The van der Waals surface area contributed by atoms with E-state index in [2.05, 4.69) is 126 Å². The molecule has 8 rings (SSSR count). The van der Waals surface area contributed by atoms with Gasteiger partial charge in [0.05, 0.1) is 17.3 Å². The number of benzene rings is 6. The van der Waals surface area contributed by atoms with Crippen molar-refractivity contribution in [1.82, 2.24) is 20.0 Å². The van der Waals surface area contributed by atoms with E-state index >= 15 is 0 Å². The van der Waals surface area contributed by atoms with Gasteiger partial charge in [-0.3, -0.25) is 4.98 Å². The Balaban J connectivity index is 1.12. The van der Waals surface area contributed by atoms with Gasteiger partial charge in [-0.1, -0.05) is 109 Å². The first-order valence-corrected chi connectivity index (χ1v) is 15.4. The van der Waals surface area contributed by atoms with Crippen LogP contribution in [0.5, 0.6) is 0 Å². The Morgan fingerprint density at radius 3 is 1.40 bits per heavy atom. The second-order valence-electron chi connectivity index (χ2n) is 11.4. The SMILES string of the molecule is N#Cc1ccc(-c2ccc(-c3cc4nn(-c5ccc(-c6ccc(-c7cccnc7)cc6)cc5)nc4cc3-c3ccccc3)cc2)cc1. The average Bonchev–Trinajstić information content (AvgIpc) is 3.59. The molecule has 2 aromatic heterocycles. The van der Waals surface area contributed by atoms with Crippen LogP contribution < -0.4 is 0 Å². The lowest BCUT2D eigenvalue weighted by Gasteiger charge is -2.11. The summed E-state index contributed by atoms with van der Waals surface area (Å²) in [5.74, 6) is 0. The van der Waals surface area contributed by atoms with Crippen molar-refractivity contribution < 1.29 is 0 Å². The highest BCUT2D eigenvalue weighted by molar-refractivity contribution is 5.93. The van der Waals surface area contributed by atoms with Gasteiger partial charge in [0.1, 0.15) is 11.0 Å². The van der Waals surface area contributed by atoms with Crippen LogP contribution in [0.4, 0.5) is 0 Å². The Morgan fingerprint density at radius 1 is 0.447 bits per heavy atom. The molecule has 0 fully saturated rings. The van der Waals surface area contributed by atoms with E-state index in [9.17, 15) is 0 Å². The zero-order valence-electron chi connectivity index (χ0n) is 25.3. The van der Waals surface area contributed by atoms with E-state index in [4.69, 9.17) is 15.5 Å². The van der Waals surface area contributed by atoms with E-state index < -0.39 is 0 Å². The van der Waals surface area contributed by atoms with Gasteiger partial charge >= 0.3 is 0 Å². The molecule has 5 heteroatoms. The molecule has 0 radical (unpaired) electrons. The molecule has 0 N–H and O–H groups in total. The molecule has 0 aliphatic rings. The standard InChI is InChI=1S/C42H27N5/c43-27-29-8-10-30(11-9-29)32-16-18-36(19-17-32)40-26-42-41(25-39(40)35-5-2-1-3-6-35)45-47(46-42)38-22-20-33(21-23-38)31-12-14-34(15-13-31)37-7-4-24-44-28-37/h1-26,28H. The minimum Gasteiger partial charge on any atom is -0.264 e. The van der Waals surface area contributed by atoms with Crippen molar-refractivity contribution in [3.63, 3.8) is 0 Å². The van der Waals surface area contributed by atoms with E-state index in [0.29, 0.717) is 5.56 Å². The normalized spacial score (nSPS) is 11.0. The van der Waals surface area contributed by atoms with Crippen LogP contribution in [-0.4, -0.2) is 20.0 Å². The summed E-state index contributed by atoms with van der Waals surface area (Å²) in [5.41, 5.74) is 14.3. The van der Waals surface area contributed by atoms with Crippen LogP contribution in [-0.2, 0) is 0 Å². The van der Waals surface area contributed by atoms with Crippen LogP contribution in [0.3, 0.4) is 0 Å². The van der Waals surface area contributed by atoms with Crippen molar-refractivity contribution in [3.05, 3.63) is 170 Å². The molecule has 0 atom stereocenters. The largest absolute Gasteiger partial charge is 0.264 e. The summed E-state index contributed by atoms with van der Waals surface area (Å²) in [5, 5.41) is 19.0. The topological polar surface area (TPSA) is 67.4 Å². The summed E-state index contributed by atoms with van der Waals surface area (Å²) in [6, 6.07) is 54.0. The Kier molecular flexibility index (Phi) is 7.14. The second kappa shape index (κ2) is 12.0. The van der Waals surface area contributed by atoms with Gasteiger partial charge in [-0.05, 0) is 98.1 Å². The van der Waals surface area contributed by atoms with E-state index in [1.807, 2.05) is 42.6 Å². The molecule has 47 heavy (non-hydrogen) atoms. The summed E-state index contributed by atoms with van der Waals surface area (Å²) in [6.45, 7) is 0. The first-order valence-electron chi connectivity index (χ1n) is 15.4. The highest BCUT2D eigenvalue weighted by Gasteiger charge is 2.14. The molecule has 0 amide bonds. The maximum absolute atomic E-state index is 9.15. The number of aromatic nitrogens is 4. The van der Waals surface area contributed by atoms with E-state index in [1.54, 1.807) is 11.0 Å². The highest BCUT2D eigenvalue weighted by Crippen LogP contribution is 2.36. The summed E-state index contributed by atoms with van der Waals surface area (Å²) < 4.78 is 0. The van der Waals surface area contributed by atoms with Crippen LogP contribution >= 0.6 is 0 Å². The van der Waals surface area contributed by atoms with Crippen LogP contribution in [0, 0.1) is 11.3 Å². The minimum absolute atomic E-state index is 0.655. The number of nitrogens with zero attached hydrogens (tertiary/aromatic N) is 5. The Labute approximate surface area is 272 Å². The van der Waals surface area contributed by atoms with E-state index in [1.165, 1.54) is 0 Å². The van der Waals surface area contributed by atoms with Gasteiger partial charge in [0.15, 0.2) is 0 Å². The molecule has 0 bridgehead atoms. The fraction of sp³-hybridized carbons (Fsp3) is 0. The first-order chi connectivity index (χ1) is 23.2. The van der Waals surface area contributed by atoms with E-state index in [0.717, 1.165) is 72.4 Å². The second-order valence-corrected chi connectivity index (χ2v) is 11.4. The average molecular weight is 602 g/mol. The van der Waals surface area contributed by atoms with Gasteiger partial charge in [0.25, 0.3) is 0 Å². The zero-order chi connectivity index (χ0) is 31.6. The molecular weight excluding hydrogens is 574 g/mol. The highest BCUT2D eigenvalue weighted by atomic mass is 15.5. The summed E-state index contributed by atoms with van der Waals surface area (Å²) in [6.07, 6.45) is 3.67. The van der Waals surface area contributed by atoms with Gasteiger partial charge in [-0.25, -0.2) is 0 Å². The zero-order valence-corrected chi connectivity index (χ0v) is 25.3. The predicted molar refractivity (Wildman–Crippen MR) is 189 cm³/mol. The number of nitriles is 1. The fourth-order valence-electron chi connectivity index (χ4n) is 5.93. The quantitative estimate of drug-likeness (QED) is 0.190. The molecule has 6 aromatic carbocycles. The summed E-state index contributed by atoms with van der Waals surface area (Å²) in [7, 11) is 0. The molecule has 220 valence electrons. The molecule has 0 spiro atoms. The third-order valence-corrected chi connectivity index (χ3v) is 8.46. The molecule has 5 nitrogen and oxygen atoms in total. The summed E-state index contributed by atoms with van der Waals surface area (Å²) >= 11 is 0. The molecule has 0 aliphatic heterocycles. The number of hydrogen-bond acceptors (Lipinski definition) is 4. The van der Waals surface area contributed by atoms with Crippen molar-refractivity contribution >= 4 is 11.0 Å². The van der Waals surface area contributed by atoms with Gasteiger partial charge in [0.2, 0.25) is 0 Å². The Bertz CT molecular complexity index is 2350. The predicted octanol–water partition coefficient (Wildman–Crippen LogP) is 10.0. The maximum Gasteiger partial charge on any atom is 0.114 e. The van der Waals surface area contributed by atoms with Gasteiger partial charge < -0.3 is 0 Å². The van der Waals surface area contributed by atoms with Crippen LogP contribution in [0.25, 0.3) is 72.4 Å². The number of pyridine rings is 1. The van der Waals surface area contributed by atoms with Crippen molar-refractivity contribution in [2.24, 2.45) is 0 Å². The van der Waals surface area contributed by atoms with Gasteiger partial charge in [0, 0.05) is 12.4 Å². The smallest absolute Gasteiger partial charge is 0.114 e.